The lowest BCUT2D eigenvalue weighted by atomic mass is 9.89. The highest BCUT2D eigenvalue weighted by Gasteiger charge is 2.27. The van der Waals surface area contributed by atoms with Crippen LogP contribution in [-0.2, 0) is 6.54 Å². The van der Waals surface area contributed by atoms with E-state index in [1.165, 1.54) is 25.7 Å². The predicted octanol–water partition coefficient (Wildman–Crippen LogP) is 2.46. The van der Waals surface area contributed by atoms with Crippen LogP contribution in [0.15, 0.2) is 23.4 Å². The molecule has 0 aliphatic heterocycles. The average Bonchev–Trinajstić information content (AvgIpc) is 2.93. The Bertz CT molecular complexity index is 508. The normalized spacial score (nSPS) is 17.9. The molecule has 116 valence electrons. The summed E-state index contributed by atoms with van der Waals surface area (Å²) in [6.07, 6.45) is 5.25. The highest BCUT2D eigenvalue weighted by molar-refractivity contribution is 5.97. The summed E-state index contributed by atoms with van der Waals surface area (Å²) in [5.41, 5.74) is 7.77. The molecule has 5 nitrogen and oxygen atoms in total. The van der Waals surface area contributed by atoms with E-state index < -0.39 is 0 Å². The van der Waals surface area contributed by atoms with Crippen molar-refractivity contribution in [1.82, 2.24) is 5.32 Å². The number of oxime groups is 1. The van der Waals surface area contributed by atoms with Crippen LogP contribution in [0.25, 0.3) is 0 Å². The van der Waals surface area contributed by atoms with Crippen molar-refractivity contribution >= 4 is 5.84 Å². The van der Waals surface area contributed by atoms with Crippen LogP contribution in [0.3, 0.4) is 0 Å². The maximum Gasteiger partial charge on any atom is 0.170 e. The molecule has 1 aromatic carbocycles. The zero-order valence-electron chi connectivity index (χ0n) is 12.9. The van der Waals surface area contributed by atoms with Crippen LogP contribution in [0.4, 0.5) is 0 Å². The molecule has 0 atom stereocenters. The summed E-state index contributed by atoms with van der Waals surface area (Å²) in [6, 6.07) is 5.54. The minimum absolute atomic E-state index is 0.113. The van der Waals surface area contributed by atoms with Crippen molar-refractivity contribution in [2.24, 2.45) is 16.3 Å². The number of nitrogens with two attached hydrogens (primary N) is 1. The third-order valence-corrected chi connectivity index (χ3v) is 4.36. The lowest BCUT2D eigenvalue weighted by molar-refractivity contribution is 0.313. The van der Waals surface area contributed by atoms with Gasteiger partial charge in [0, 0.05) is 24.2 Å². The number of nitrogens with one attached hydrogen (secondary N) is 1. The molecule has 2 rings (SSSR count). The molecule has 0 heterocycles. The van der Waals surface area contributed by atoms with Crippen molar-refractivity contribution in [2.75, 3.05) is 13.7 Å². The van der Waals surface area contributed by atoms with Gasteiger partial charge < -0.3 is 21.0 Å². The molecular weight excluding hydrogens is 266 g/mol. The van der Waals surface area contributed by atoms with Crippen molar-refractivity contribution in [3.8, 4) is 5.75 Å². The third-order valence-electron chi connectivity index (χ3n) is 4.36. The molecule has 0 bridgehead atoms. The van der Waals surface area contributed by atoms with Gasteiger partial charge in [0.25, 0.3) is 0 Å². The summed E-state index contributed by atoms with van der Waals surface area (Å²) >= 11 is 0. The minimum Gasteiger partial charge on any atom is -0.496 e. The molecule has 1 aliphatic carbocycles. The molecule has 1 aliphatic rings. The van der Waals surface area contributed by atoms with E-state index in [0.29, 0.717) is 17.5 Å². The van der Waals surface area contributed by atoms with E-state index in [9.17, 15) is 0 Å². The zero-order chi connectivity index (χ0) is 15.3. The molecule has 21 heavy (non-hydrogen) atoms. The Kier molecular flexibility index (Phi) is 5.07. The van der Waals surface area contributed by atoms with Gasteiger partial charge in [-0.15, -0.1) is 0 Å². The molecule has 0 amide bonds. The van der Waals surface area contributed by atoms with Gasteiger partial charge in [0.1, 0.15) is 5.75 Å². The van der Waals surface area contributed by atoms with Gasteiger partial charge in [-0.3, -0.25) is 0 Å². The molecule has 0 unspecified atom stereocenters. The highest BCUT2D eigenvalue weighted by atomic mass is 16.5. The smallest absolute Gasteiger partial charge is 0.170 e. The number of methoxy groups -OCH3 is 1. The Labute approximate surface area is 126 Å². The second-order valence-corrected chi connectivity index (χ2v) is 6.13. The second kappa shape index (κ2) is 6.80. The van der Waals surface area contributed by atoms with Crippen molar-refractivity contribution in [1.29, 1.82) is 0 Å². The van der Waals surface area contributed by atoms with E-state index in [1.807, 2.05) is 12.1 Å². The van der Waals surface area contributed by atoms with Gasteiger partial charge >= 0.3 is 0 Å². The maximum absolute atomic E-state index is 8.78. The largest absolute Gasteiger partial charge is 0.496 e. The predicted molar refractivity (Wildman–Crippen MR) is 83.8 cm³/mol. The van der Waals surface area contributed by atoms with E-state index in [0.717, 1.165) is 17.9 Å². The Morgan fingerprint density at radius 2 is 2.14 bits per heavy atom. The average molecular weight is 291 g/mol. The first-order valence-electron chi connectivity index (χ1n) is 7.43. The van der Waals surface area contributed by atoms with Crippen molar-refractivity contribution < 1.29 is 9.94 Å². The fourth-order valence-electron chi connectivity index (χ4n) is 3.04. The first-order chi connectivity index (χ1) is 10.1. The number of hydrogen-bond acceptors (Lipinski definition) is 4. The Balaban J connectivity index is 2.03. The fraction of sp³-hybridized carbons (Fsp3) is 0.562. The van der Waals surface area contributed by atoms with Gasteiger partial charge in [-0.25, -0.2) is 0 Å². The molecule has 0 spiro atoms. The molecule has 0 radical (unpaired) electrons. The molecule has 0 aromatic heterocycles. The maximum atomic E-state index is 8.78. The molecular formula is C16H25N3O2. The monoisotopic (exact) mass is 291 g/mol. The van der Waals surface area contributed by atoms with E-state index in [-0.39, 0.29) is 5.84 Å². The second-order valence-electron chi connectivity index (χ2n) is 6.13. The molecule has 5 heteroatoms. The Hall–Kier alpha value is -1.75. The SMILES string of the molecule is COc1ccc(/C(N)=N/O)cc1CNCC1(C)CCCC1. The summed E-state index contributed by atoms with van der Waals surface area (Å²) in [5, 5.41) is 15.3. The lowest BCUT2D eigenvalue weighted by Crippen LogP contribution is -2.29. The number of rotatable bonds is 6. The van der Waals surface area contributed by atoms with Gasteiger partial charge in [0.15, 0.2) is 5.84 Å². The summed E-state index contributed by atoms with van der Waals surface area (Å²) in [4.78, 5) is 0. The summed E-state index contributed by atoms with van der Waals surface area (Å²) in [5.74, 6) is 0.926. The zero-order valence-corrected chi connectivity index (χ0v) is 12.9. The Morgan fingerprint density at radius 1 is 1.43 bits per heavy atom. The molecule has 0 saturated heterocycles. The highest BCUT2D eigenvalue weighted by Crippen LogP contribution is 2.36. The molecule has 1 aromatic rings. The van der Waals surface area contributed by atoms with Gasteiger partial charge in [0.05, 0.1) is 7.11 Å². The van der Waals surface area contributed by atoms with Crippen molar-refractivity contribution in [3.63, 3.8) is 0 Å². The number of amidine groups is 1. The Morgan fingerprint density at radius 3 is 2.76 bits per heavy atom. The third kappa shape index (κ3) is 3.88. The van der Waals surface area contributed by atoms with Crippen LogP contribution < -0.4 is 15.8 Å². The van der Waals surface area contributed by atoms with E-state index in [2.05, 4.69) is 17.4 Å². The topological polar surface area (TPSA) is 79.9 Å². The molecule has 4 N–H and O–H groups in total. The van der Waals surface area contributed by atoms with Crippen LogP contribution in [0, 0.1) is 5.41 Å². The number of nitrogens with zero attached hydrogens (tertiary/aromatic N) is 1. The van der Waals surface area contributed by atoms with Gasteiger partial charge in [-0.2, -0.15) is 0 Å². The standard InChI is InChI=1S/C16H25N3O2/c1-16(7-3-4-8-16)11-18-10-13-9-12(15(17)19-20)5-6-14(13)21-2/h5-6,9,18,20H,3-4,7-8,10-11H2,1-2H3,(H2,17,19). The fourth-order valence-corrected chi connectivity index (χ4v) is 3.04. The molecule has 1 fully saturated rings. The summed E-state index contributed by atoms with van der Waals surface area (Å²) in [6.45, 7) is 4.06. The number of ether oxygens (including phenoxy) is 1. The molecule has 1 saturated carbocycles. The van der Waals surface area contributed by atoms with Gasteiger partial charge in [-0.05, 0) is 36.5 Å². The van der Waals surface area contributed by atoms with Crippen molar-refractivity contribution in [3.05, 3.63) is 29.3 Å². The van der Waals surface area contributed by atoms with E-state index in [1.54, 1.807) is 13.2 Å². The first-order valence-corrected chi connectivity index (χ1v) is 7.43. The first kappa shape index (κ1) is 15.6. The van der Waals surface area contributed by atoms with Crippen LogP contribution in [0.1, 0.15) is 43.7 Å². The summed E-state index contributed by atoms with van der Waals surface area (Å²) in [7, 11) is 1.65. The summed E-state index contributed by atoms with van der Waals surface area (Å²) < 4.78 is 5.38. The minimum atomic E-state index is 0.113. The van der Waals surface area contributed by atoms with E-state index in [4.69, 9.17) is 15.7 Å². The lowest BCUT2D eigenvalue weighted by Gasteiger charge is -2.24. The van der Waals surface area contributed by atoms with Crippen molar-refractivity contribution in [2.45, 2.75) is 39.2 Å². The van der Waals surface area contributed by atoms with Crippen LogP contribution in [-0.4, -0.2) is 24.7 Å². The van der Waals surface area contributed by atoms with Crippen LogP contribution in [0.2, 0.25) is 0 Å². The van der Waals surface area contributed by atoms with Crippen LogP contribution >= 0.6 is 0 Å². The van der Waals surface area contributed by atoms with Gasteiger partial charge in [0.2, 0.25) is 0 Å². The quantitative estimate of drug-likeness (QED) is 0.325. The van der Waals surface area contributed by atoms with Crippen LogP contribution in [0.5, 0.6) is 5.75 Å². The van der Waals surface area contributed by atoms with Gasteiger partial charge in [-0.1, -0.05) is 24.9 Å². The van der Waals surface area contributed by atoms with E-state index >= 15 is 0 Å². The number of benzene rings is 1. The number of hydrogen-bond donors (Lipinski definition) is 3.